The molecule has 13 nitrogen and oxygen atoms in total. The van der Waals surface area contributed by atoms with Gasteiger partial charge >= 0.3 is 12.1 Å². The number of anilines is 1. The van der Waals surface area contributed by atoms with Gasteiger partial charge in [-0.2, -0.15) is 4.57 Å². The molecule has 3 aliphatic heterocycles. The number of thioether (sulfide) groups is 1. The van der Waals surface area contributed by atoms with Crippen molar-refractivity contribution in [3.63, 3.8) is 0 Å². The fourth-order valence-electron chi connectivity index (χ4n) is 7.05. The van der Waals surface area contributed by atoms with Crippen LogP contribution in [0.4, 0.5) is 10.5 Å². The van der Waals surface area contributed by atoms with Gasteiger partial charge in [-0.25, -0.2) is 9.59 Å². The number of alkyl carbamates (subject to hydrolysis) is 1. The van der Waals surface area contributed by atoms with E-state index in [0.29, 0.717) is 42.1 Å². The summed E-state index contributed by atoms with van der Waals surface area (Å²) in [6, 6.07) is 28.6. The average molecular weight is 897 g/mol. The van der Waals surface area contributed by atoms with Crippen LogP contribution in [0, 0.1) is 0 Å². The second-order valence-corrected chi connectivity index (χ2v) is 16.4. The predicted molar refractivity (Wildman–Crippen MR) is 220 cm³/mol. The van der Waals surface area contributed by atoms with Crippen LogP contribution in [0.25, 0.3) is 0 Å². The maximum Gasteiger partial charge on any atom is 0.408 e. The molecular formula is C45H46BrN5O8S. The van der Waals surface area contributed by atoms with Crippen molar-refractivity contribution in [2.45, 2.75) is 63.4 Å². The van der Waals surface area contributed by atoms with Crippen molar-refractivity contribution < 1.29 is 59.7 Å². The Balaban J connectivity index is 0.00000604. The third kappa shape index (κ3) is 10.3. The van der Waals surface area contributed by atoms with Crippen molar-refractivity contribution in [1.29, 1.82) is 0 Å². The summed E-state index contributed by atoms with van der Waals surface area (Å²) in [4.78, 5) is 70.5. The van der Waals surface area contributed by atoms with Gasteiger partial charge in [-0.1, -0.05) is 60.7 Å². The van der Waals surface area contributed by atoms with E-state index < -0.39 is 41.1 Å². The lowest BCUT2D eigenvalue weighted by atomic mass is 10.00. The molecule has 0 aliphatic carbocycles. The molecule has 2 N–H and O–H groups in total. The summed E-state index contributed by atoms with van der Waals surface area (Å²) in [5.74, 6) is -0.587. The number of carbonyl (C=O) groups is 5. The molecule has 0 saturated carbocycles. The van der Waals surface area contributed by atoms with Crippen molar-refractivity contribution in [3.05, 3.63) is 149 Å². The first kappa shape index (κ1) is 43.6. The quantitative estimate of drug-likeness (QED) is 0.0950. The Morgan fingerprint density at radius 3 is 2.15 bits per heavy atom. The fourth-order valence-corrected chi connectivity index (χ4v) is 8.35. The Bertz CT molecular complexity index is 2240. The summed E-state index contributed by atoms with van der Waals surface area (Å²) >= 11 is 1.38. The zero-order valence-electron chi connectivity index (χ0n) is 33.6. The number of nitrogens with zero attached hydrogens (tertiary/aromatic N) is 3. The number of aromatic nitrogens is 1. The normalized spacial score (nSPS) is 18.1. The van der Waals surface area contributed by atoms with Gasteiger partial charge in [-0.3, -0.25) is 19.3 Å². The van der Waals surface area contributed by atoms with E-state index in [0.717, 1.165) is 16.7 Å². The number of halogens is 1. The highest BCUT2D eigenvalue weighted by Gasteiger charge is 2.55. The second-order valence-electron chi connectivity index (χ2n) is 15.3. The van der Waals surface area contributed by atoms with Crippen molar-refractivity contribution in [2.75, 3.05) is 24.7 Å². The van der Waals surface area contributed by atoms with Gasteiger partial charge < -0.3 is 46.7 Å². The molecule has 0 radical (unpaired) electrons. The molecule has 0 spiro atoms. The number of amides is 4. The molecule has 15 heteroatoms. The number of pyridine rings is 1. The maximum atomic E-state index is 14.4. The summed E-state index contributed by atoms with van der Waals surface area (Å²) in [6.07, 6.45) is 4.24. The zero-order chi connectivity index (χ0) is 41.7. The Labute approximate surface area is 363 Å². The first-order chi connectivity index (χ1) is 28.4. The number of benzene rings is 3. The van der Waals surface area contributed by atoms with Gasteiger partial charge in [0.05, 0.1) is 7.11 Å². The number of allylic oxidation sites excluding steroid dienone is 1. The Morgan fingerprint density at radius 2 is 1.55 bits per heavy atom. The van der Waals surface area contributed by atoms with Crippen LogP contribution < -0.4 is 36.9 Å². The third-order valence-electron chi connectivity index (χ3n) is 9.89. The van der Waals surface area contributed by atoms with Crippen LogP contribution in [-0.2, 0) is 41.7 Å². The third-order valence-corrected chi connectivity index (χ3v) is 11.2. The fraction of sp³-hybridized carbons (Fsp3) is 0.289. The Hall–Kier alpha value is -5.93. The van der Waals surface area contributed by atoms with E-state index in [1.54, 1.807) is 80.1 Å². The molecule has 2 atom stereocenters. The number of rotatable bonds is 12. The van der Waals surface area contributed by atoms with Gasteiger partial charge in [-0.05, 0) is 79.8 Å². The largest absolute Gasteiger partial charge is 1.00 e. The number of methoxy groups -OCH3 is 1. The van der Waals surface area contributed by atoms with E-state index in [-0.39, 0.29) is 46.8 Å². The van der Waals surface area contributed by atoms with E-state index in [9.17, 15) is 24.0 Å². The molecule has 3 aliphatic rings. The van der Waals surface area contributed by atoms with Gasteiger partial charge in [0.25, 0.3) is 11.8 Å². The van der Waals surface area contributed by atoms with Crippen molar-refractivity contribution in [2.24, 2.45) is 0 Å². The predicted octanol–water partition coefficient (Wildman–Crippen LogP) is 2.68. The van der Waals surface area contributed by atoms with Gasteiger partial charge in [0.2, 0.25) is 12.5 Å². The molecule has 2 fully saturated rings. The number of β-lactam (4-membered cyclic amide) rings is 1. The number of ether oxygens (including phenoxy) is 3. The molecule has 2 saturated heterocycles. The van der Waals surface area contributed by atoms with Gasteiger partial charge in [0, 0.05) is 42.2 Å². The molecule has 4 aromatic rings. The smallest absolute Gasteiger partial charge is 0.408 e. The number of nitrogens with one attached hydrogen (secondary N) is 2. The molecule has 1 aromatic heterocycles. The van der Waals surface area contributed by atoms with Crippen molar-refractivity contribution in [1.82, 2.24) is 15.1 Å². The molecule has 312 valence electrons. The summed E-state index contributed by atoms with van der Waals surface area (Å²) in [5, 5.41) is 4.96. The maximum absolute atomic E-state index is 14.4. The highest BCUT2D eigenvalue weighted by molar-refractivity contribution is 8.00. The van der Waals surface area contributed by atoms with Crippen LogP contribution in [0.3, 0.4) is 0 Å². The van der Waals surface area contributed by atoms with Gasteiger partial charge in [0.15, 0.2) is 18.5 Å². The van der Waals surface area contributed by atoms with Gasteiger partial charge in [0.1, 0.15) is 28.5 Å². The molecule has 0 bridgehead atoms. The summed E-state index contributed by atoms with van der Waals surface area (Å²) in [7, 11) is 1.58. The van der Waals surface area contributed by atoms with Crippen LogP contribution in [0.2, 0.25) is 0 Å². The van der Waals surface area contributed by atoms with Crippen LogP contribution in [-0.4, -0.2) is 76.0 Å². The standard InChI is InChI=1S/C45H45N5O8S.BrH/c1-45(2,3)58-44(55)47-37-41(53)50-38(43(54)57-39(30-11-7-5-8-12-30)31-13-9-6-10-14-31)33(28-59-42(37)50)25-32-21-24-49(40(32)52)26-29-19-22-48(23-20-29)27-36(51)46-34-15-17-35(56-4)18-16-34;/h5-20,22-23,25,37,39,42H,21,24,26-28H2,1-4H3,(H-,46,47,51,55);1H. The molecular weight excluding hydrogens is 850 g/mol. The highest BCUT2D eigenvalue weighted by atomic mass is 79.9. The van der Waals surface area contributed by atoms with E-state index in [1.807, 2.05) is 72.8 Å². The lowest BCUT2D eigenvalue weighted by molar-refractivity contribution is -0.684. The minimum atomic E-state index is -0.915. The van der Waals surface area contributed by atoms with Crippen LogP contribution in [0.5, 0.6) is 5.75 Å². The molecule has 3 aromatic carbocycles. The lowest BCUT2D eigenvalue weighted by Crippen LogP contribution is -3.00. The zero-order valence-corrected chi connectivity index (χ0v) is 36.0. The minimum Gasteiger partial charge on any atom is -1.00 e. The van der Waals surface area contributed by atoms with Crippen LogP contribution in [0.15, 0.2) is 132 Å². The molecule has 2 unspecified atom stereocenters. The topological polar surface area (TPSA) is 147 Å². The number of likely N-dealkylation sites (tertiary alicyclic amines) is 1. The van der Waals surface area contributed by atoms with E-state index in [1.165, 1.54) is 16.7 Å². The Kier molecular flexibility index (Phi) is 13.8. The molecule has 60 heavy (non-hydrogen) atoms. The number of fused-ring (bicyclic) bond motifs is 1. The van der Waals surface area contributed by atoms with Crippen LogP contribution >= 0.6 is 11.8 Å². The SMILES string of the molecule is COc1ccc(NC(=O)C[n+]2ccc(CN3CCC(=CC4=C(C(=O)OC(c5ccccc5)c5ccccc5)N5C(=O)C(NC(=O)OC(C)(C)C)C5SC4)C3=O)cc2)cc1.[Br-]. The van der Waals surface area contributed by atoms with Gasteiger partial charge in [-0.15, -0.1) is 11.8 Å². The number of esters is 1. The molecule has 4 amide bonds. The van der Waals surface area contributed by atoms with Crippen molar-refractivity contribution in [3.8, 4) is 5.75 Å². The van der Waals surface area contributed by atoms with E-state index >= 15 is 0 Å². The number of hydrogen-bond acceptors (Lipinski definition) is 9. The Morgan fingerprint density at radius 1 is 0.917 bits per heavy atom. The van der Waals surface area contributed by atoms with Crippen LogP contribution in [0.1, 0.15) is 50.0 Å². The lowest BCUT2D eigenvalue weighted by Gasteiger charge is -2.49. The summed E-state index contributed by atoms with van der Waals surface area (Å²) < 4.78 is 18.6. The number of hydrogen-bond donors (Lipinski definition) is 2. The second kappa shape index (κ2) is 19.0. The van der Waals surface area contributed by atoms with Crippen molar-refractivity contribution >= 4 is 47.2 Å². The molecule has 7 rings (SSSR count). The average Bonchev–Trinajstić information content (AvgIpc) is 3.56. The molecule has 4 heterocycles. The minimum absolute atomic E-state index is 0. The van der Waals surface area contributed by atoms with E-state index in [2.05, 4.69) is 10.6 Å². The summed E-state index contributed by atoms with van der Waals surface area (Å²) in [5.41, 5.74) is 3.31. The number of carbonyl (C=O) groups excluding carboxylic acids is 5. The first-order valence-electron chi connectivity index (χ1n) is 19.3. The highest BCUT2D eigenvalue weighted by Crippen LogP contribution is 2.43. The first-order valence-corrected chi connectivity index (χ1v) is 20.3. The van der Waals surface area contributed by atoms with E-state index in [4.69, 9.17) is 14.2 Å². The summed E-state index contributed by atoms with van der Waals surface area (Å²) in [6.45, 7) is 6.11. The monoisotopic (exact) mass is 895 g/mol.